The van der Waals surface area contributed by atoms with Crippen molar-refractivity contribution < 1.29 is 13.2 Å². The van der Waals surface area contributed by atoms with E-state index >= 15 is 0 Å². The SMILES string of the molecule is CSc1ccc([C@H](C)NC(=O)[C@@H](C)S(=O)(=O)C(C)C)cc1. The van der Waals surface area contributed by atoms with E-state index in [9.17, 15) is 13.2 Å². The fourth-order valence-corrected chi connectivity index (χ4v) is 3.46. The molecule has 0 heterocycles. The Morgan fingerprint density at radius 3 is 2.05 bits per heavy atom. The third-order valence-electron chi connectivity index (χ3n) is 3.49. The number of rotatable bonds is 6. The molecule has 6 heteroatoms. The Balaban J connectivity index is 2.78. The second-order valence-electron chi connectivity index (χ2n) is 5.28. The minimum absolute atomic E-state index is 0.224. The molecule has 0 fully saturated rings. The average molecular weight is 329 g/mol. The van der Waals surface area contributed by atoms with Crippen LogP contribution in [-0.4, -0.2) is 31.1 Å². The van der Waals surface area contributed by atoms with E-state index in [4.69, 9.17) is 0 Å². The molecule has 1 amide bonds. The Hall–Kier alpha value is -1.01. The number of nitrogens with one attached hydrogen (secondary N) is 1. The number of sulfone groups is 1. The molecule has 1 aromatic rings. The molecule has 0 aliphatic rings. The first-order valence-electron chi connectivity index (χ1n) is 6.87. The van der Waals surface area contributed by atoms with Gasteiger partial charge in [0.05, 0.1) is 11.3 Å². The Labute approximate surface area is 131 Å². The van der Waals surface area contributed by atoms with Gasteiger partial charge in [0, 0.05) is 4.90 Å². The second kappa shape index (κ2) is 7.31. The van der Waals surface area contributed by atoms with E-state index in [0.29, 0.717) is 0 Å². The van der Waals surface area contributed by atoms with Gasteiger partial charge in [-0.1, -0.05) is 12.1 Å². The van der Waals surface area contributed by atoms with Crippen LogP contribution in [0.2, 0.25) is 0 Å². The van der Waals surface area contributed by atoms with Crippen LogP contribution in [-0.2, 0) is 14.6 Å². The predicted molar refractivity (Wildman–Crippen MR) is 88.3 cm³/mol. The molecule has 1 aromatic carbocycles. The van der Waals surface area contributed by atoms with Crippen molar-refractivity contribution >= 4 is 27.5 Å². The first kappa shape index (κ1) is 18.0. The molecule has 0 spiro atoms. The van der Waals surface area contributed by atoms with Crippen LogP contribution in [0.4, 0.5) is 0 Å². The molecule has 4 nitrogen and oxygen atoms in total. The van der Waals surface area contributed by atoms with Gasteiger partial charge in [0.1, 0.15) is 5.25 Å². The van der Waals surface area contributed by atoms with E-state index in [1.165, 1.54) is 6.92 Å². The summed E-state index contributed by atoms with van der Waals surface area (Å²) in [5, 5.41) is 1.17. The summed E-state index contributed by atoms with van der Waals surface area (Å²) >= 11 is 1.65. The lowest BCUT2D eigenvalue weighted by molar-refractivity contribution is -0.121. The van der Waals surface area contributed by atoms with Crippen molar-refractivity contribution in [3.05, 3.63) is 29.8 Å². The summed E-state index contributed by atoms with van der Waals surface area (Å²) in [4.78, 5) is 13.3. The van der Waals surface area contributed by atoms with Crippen molar-refractivity contribution in [1.82, 2.24) is 5.32 Å². The van der Waals surface area contributed by atoms with Gasteiger partial charge in [-0.2, -0.15) is 0 Å². The molecule has 0 radical (unpaired) electrons. The zero-order valence-electron chi connectivity index (χ0n) is 13.1. The molecule has 21 heavy (non-hydrogen) atoms. The highest BCUT2D eigenvalue weighted by Crippen LogP contribution is 2.19. The number of carbonyl (C=O) groups excluding carboxylic acids is 1. The molecule has 0 aromatic heterocycles. The number of carbonyl (C=O) groups is 1. The van der Waals surface area contributed by atoms with Crippen LogP contribution in [0, 0.1) is 0 Å². The summed E-state index contributed by atoms with van der Waals surface area (Å²) in [5.74, 6) is -0.454. The van der Waals surface area contributed by atoms with Crippen molar-refractivity contribution in [2.75, 3.05) is 6.26 Å². The lowest BCUT2D eigenvalue weighted by atomic mass is 10.1. The van der Waals surface area contributed by atoms with Gasteiger partial charge in [0.15, 0.2) is 9.84 Å². The maximum atomic E-state index is 12.1. The van der Waals surface area contributed by atoms with Gasteiger partial charge in [-0.25, -0.2) is 8.42 Å². The summed E-state index contributed by atoms with van der Waals surface area (Å²) < 4.78 is 24.0. The summed E-state index contributed by atoms with van der Waals surface area (Å²) in [6, 6.07) is 7.63. The topological polar surface area (TPSA) is 63.2 Å². The van der Waals surface area contributed by atoms with Crippen molar-refractivity contribution in [1.29, 1.82) is 0 Å². The third kappa shape index (κ3) is 4.48. The van der Waals surface area contributed by atoms with Crippen LogP contribution in [0.25, 0.3) is 0 Å². The molecule has 1 N–H and O–H groups in total. The van der Waals surface area contributed by atoms with Gasteiger partial charge < -0.3 is 5.32 Å². The van der Waals surface area contributed by atoms with Crippen LogP contribution in [0.3, 0.4) is 0 Å². The first-order valence-corrected chi connectivity index (χ1v) is 9.70. The van der Waals surface area contributed by atoms with Gasteiger partial charge in [0.25, 0.3) is 0 Å². The van der Waals surface area contributed by atoms with Crippen LogP contribution in [0.5, 0.6) is 0 Å². The molecular formula is C15H23NO3S2. The lowest BCUT2D eigenvalue weighted by Crippen LogP contribution is -2.41. The third-order valence-corrected chi connectivity index (χ3v) is 6.75. The Morgan fingerprint density at radius 1 is 1.10 bits per heavy atom. The number of hydrogen-bond acceptors (Lipinski definition) is 4. The lowest BCUT2D eigenvalue weighted by Gasteiger charge is -2.19. The second-order valence-corrected chi connectivity index (χ2v) is 8.99. The molecule has 118 valence electrons. The van der Waals surface area contributed by atoms with Gasteiger partial charge in [-0.3, -0.25) is 4.79 Å². The molecule has 0 aliphatic heterocycles. The highest BCUT2D eigenvalue weighted by molar-refractivity contribution is 7.98. The van der Waals surface area contributed by atoms with Crippen molar-refractivity contribution in [2.45, 2.75) is 49.1 Å². The van der Waals surface area contributed by atoms with E-state index in [2.05, 4.69) is 5.32 Å². The highest BCUT2D eigenvalue weighted by atomic mass is 32.2. The maximum absolute atomic E-state index is 12.1. The Kier molecular flexibility index (Phi) is 6.28. The van der Waals surface area contributed by atoms with Crippen molar-refractivity contribution in [3.63, 3.8) is 0 Å². The van der Waals surface area contributed by atoms with E-state index in [-0.39, 0.29) is 6.04 Å². The fraction of sp³-hybridized carbons (Fsp3) is 0.533. The quantitative estimate of drug-likeness (QED) is 0.815. The molecule has 0 bridgehead atoms. The standard InChI is InChI=1S/C15H23NO3S2/c1-10(2)21(18,19)12(4)15(17)16-11(3)13-6-8-14(20-5)9-7-13/h6-12H,1-5H3,(H,16,17)/t11-,12+/m0/s1. The number of benzene rings is 1. The molecule has 0 saturated carbocycles. The smallest absolute Gasteiger partial charge is 0.238 e. The van der Waals surface area contributed by atoms with Crippen LogP contribution < -0.4 is 5.32 Å². The van der Waals surface area contributed by atoms with Crippen LogP contribution >= 0.6 is 11.8 Å². The fourth-order valence-electron chi connectivity index (χ4n) is 1.86. The van der Waals surface area contributed by atoms with E-state index < -0.39 is 26.2 Å². The van der Waals surface area contributed by atoms with Crippen LogP contribution in [0.1, 0.15) is 39.3 Å². The summed E-state index contributed by atoms with van der Waals surface area (Å²) in [6.07, 6.45) is 2.00. The molecule has 0 aliphatic carbocycles. The number of amides is 1. The largest absolute Gasteiger partial charge is 0.348 e. The van der Waals surface area contributed by atoms with Gasteiger partial charge in [-0.05, 0) is 51.6 Å². The minimum Gasteiger partial charge on any atom is -0.348 e. The first-order chi connectivity index (χ1) is 9.70. The van der Waals surface area contributed by atoms with Crippen molar-refractivity contribution in [2.24, 2.45) is 0 Å². The summed E-state index contributed by atoms with van der Waals surface area (Å²) in [5.41, 5.74) is 0.954. The molecule has 1 rings (SSSR count). The minimum atomic E-state index is -3.43. The molecule has 2 atom stereocenters. The Bertz CT molecular complexity index is 579. The maximum Gasteiger partial charge on any atom is 0.238 e. The van der Waals surface area contributed by atoms with Gasteiger partial charge in [-0.15, -0.1) is 11.8 Å². The van der Waals surface area contributed by atoms with Crippen molar-refractivity contribution in [3.8, 4) is 0 Å². The predicted octanol–water partition coefficient (Wildman–Crippen LogP) is 2.80. The van der Waals surface area contributed by atoms with Gasteiger partial charge >= 0.3 is 0 Å². The zero-order valence-corrected chi connectivity index (χ0v) is 14.7. The van der Waals surface area contributed by atoms with E-state index in [1.807, 2.05) is 37.4 Å². The summed E-state index contributed by atoms with van der Waals surface area (Å²) in [6.45, 7) is 6.46. The van der Waals surface area contributed by atoms with Crippen LogP contribution in [0.15, 0.2) is 29.2 Å². The molecule has 0 unspecified atom stereocenters. The average Bonchev–Trinajstić information content (AvgIpc) is 2.46. The zero-order chi connectivity index (χ0) is 16.2. The van der Waals surface area contributed by atoms with E-state index in [0.717, 1.165) is 10.5 Å². The summed E-state index contributed by atoms with van der Waals surface area (Å²) in [7, 11) is -3.43. The molecule has 0 saturated heterocycles. The Morgan fingerprint density at radius 2 is 1.62 bits per heavy atom. The molecular weight excluding hydrogens is 306 g/mol. The monoisotopic (exact) mass is 329 g/mol. The van der Waals surface area contributed by atoms with E-state index in [1.54, 1.807) is 25.6 Å². The normalized spacial score (nSPS) is 14.8. The number of thioether (sulfide) groups is 1. The number of hydrogen-bond donors (Lipinski definition) is 1. The highest BCUT2D eigenvalue weighted by Gasteiger charge is 2.31. The van der Waals surface area contributed by atoms with Gasteiger partial charge in [0.2, 0.25) is 5.91 Å².